The Morgan fingerprint density at radius 2 is 2.40 bits per heavy atom. The standard InChI is InChI=1S/C6H8ClN3/c7-6-8-5(9-10-6)3-4-1-2-4/h4H,1-3H2,(H,8,9,10). The molecule has 0 bridgehead atoms. The molecule has 1 aliphatic rings. The van der Waals surface area contributed by atoms with Crippen molar-refractivity contribution in [2.45, 2.75) is 19.3 Å². The first-order valence-electron chi connectivity index (χ1n) is 3.41. The molecule has 0 aromatic carbocycles. The Morgan fingerprint density at radius 1 is 1.60 bits per heavy atom. The van der Waals surface area contributed by atoms with E-state index < -0.39 is 0 Å². The van der Waals surface area contributed by atoms with Gasteiger partial charge in [-0.25, -0.2) is 4.98 Å². The summed E-state index contributed by atoms with van der Waals surface area (Å²) in [6.45, 7) is 0. The molecular weight excluding hydrogens is 150 g/mol. The van der Waals surface area contributed by atoms with Crippen LogP contribution in [0.5, 0.6) is 0 Å². The molecule has 0 spiro atoms. The second kappa shape index (κ2) is 2.23. The largest absolute Gasteiger partial charge is 0.262 e. The van der Waals surface area contributed by atoms with E-state index in [-0.39, 0.29) is 0 Å². The predicted molar refractivity (Wildman–Crippen MR) is 37.8 cm³/mol. The Kier molecular flexibility index (Phi) is 1.38. The Hall–Kier alpha value is -0.570. The average Bonchev–Trinajstić information content (AvgIpc) is 2.59. The van der Waals surface area contributed by atoms with E-state index in [1.165, 1.54) is 12.8 Å². The number of nitrogens with one attached hydrogen (secondary N) is 1. The van der Waals surface area contributed by atoms with Gasteiger partial charge in [-0.2, -0.15) is 0 Å². The number of aromatic nitrogens is 3. The quantitative estimate of drug-likeness (QED) is 0.706. The van der Waals surface area contributed by atoms with E-state index in [1.807, 2.05) is 0 Å². The minimum absolute atomic E-state index is 0.329. The van der Waals surface area contributed by atoms with Crippen LogP contribution in [0.2, 0.25) is 5.28 Å². The highest BCUT2D eigenvalue weighted by Crippen LogP contribution is 2.31. The van der Waals surface area contributed by atoms with Crippen molar-refractivity contribution < 1.29 is 0 Å². The van der Waals surface area contributed by atoms with Gasteiger partial charge in [0.1, 0.15) is 5.82 Å². The van der Waals surface area contributed by atoms with Crippen LogP contribution in [0, 0.1) is 5.92 Å². The summed E-state index contributed by atoms with van der Waals surface area (Å²) in [4.78, 5) is 3.99. The lowest BCUT2D eigenvalue weighted by Crippen LogP contribution is -1.88. The fraction of sp³-hybridized carbons (Fsp3) is 0.667. The molecule has 2 rings (SSSR count). The van der Waals surface area contributed by atoms with Crippen LogP contribution in [-0.2, 0) is 6.42 Å². The normalized spacial score (nSPS) is 17.7. The summed E-state index contributed by atoms with van der Waals surface area (Å²) in [7, 11) is 0. The van der Waals surface area contributed by atoms with Gasteiger partial charge in [-0.15, -0.1) is 5.10 Å². The van der Waals surface area contributed by atoms with Crippen molar-refractivity contribution in [1.29, 1.82) is 0 Å². The van der Waals surface area contributed by atoms with Crippen molar-refractivity contribution in [2.75, 3.05) is 0 Å². The molecule has 10 heavy (non-hydrogen) atoms. The molecular formula is C6H8ClN3. The zero-order chi connectivity index (χ0) is 6.97. The zero-order valence-corrected chi connectivity index (χ0v) is 6.23. The summed E-state index contributed by atoms with van der Waals surface area (Å²) >= 11 is 5.51. The molecule has 1 saturated carbocycles. The van der Waals surface area contributed by atoms with Crippen molar-refractivity contribution in [3.63, 3.8) is 0 Å². The first-order valence-corrected chi connectivity index (χ1v) is 3.79. The average molecular weight is 158 g/mol. The molecule has 4 heteroatoms. The minimum Gasteiger partial charge on any atom is -0.262 e. The number of H-pyrrole nitrogens is 1. The molecule has 1 aliphatic carbocycles. The van der Waals surface area contributed by atoms with Gasteiger partial charge in [0, 0.05) is 6.42 Å². The highest BCUT2D eigenvalue weighted by molar-refractivity contribution is 6.28. The van der Waals surface area contributed by atoms with Gasteiger partial charge < -0.3 is 0 Å². The summed E-state index contributed by atoms with van der Waals surface area (Å²) in [6, 6.07) is 0. The second-order valence-corrected chi connectivity index (χ2v) is 3.04. The van der Waals surface area contributed by atoms with Gasteiger partial charge in [0.25, 0.3) is 0 Å². The third-order valence-corrected chi connectivity index (χ3v) is 1.85. The molecule has 1 aromatic heterocycles. The number of hydrogen-bond donors (Lipinski definition) is 1. The summed E-state index contributed by atoms with van der Waals surface area (Å²) in [5, 5.41) is 6.84. The smallest absolute Gasteiger partial charge is 0.242 e. The van der Waals surface area contributed by atoms with E-state index in [0.29, 0.717) is 5.28 Å². The van der Waals surface area contributed by atoms with Gasteiger partial charge in [-0.1, -0.05) is 0 Å². The molecule has 1 aromatic rings. The van der Waals surface area contributed by atoms with Crippen molar-refractivity contribution >= 4 is 11.6 Å². The predicted octanol–water partition coefficient (Wildman–Crippen LogP) is 1.41. The molecule has 1 N–H and O–H groups in total. The molecule has 0 amide bonds. The number of aromatic amines is 1. The van der Waals surface area contributed by atoms with E-state index in [0.717, 1.165) is 18.2 Å². The van der Waals surface area contributed by atoms with Crippen LogP contribution >= 0.6 is 11.6 Å². The molecule has 3 nitrogen and oxygen atoms in total. The Bertz CT molecular complexity index is 229. The van der Waals surface area contributed by atoms with Crippen LogP contribution < -0.4 is 0 Å². The monoisotopic (exact) mass is 157 g/mol. The van der Waals surface area contributed by atoms with E-state index in [2.05, 4.69) is 15.2 Å². The van der Waals surface area contributed by atoms with Gasteiger partial charge >= 0.3 is 0 Å². The first kappa shape index (κ1) is 6.16. The van der Waals surface area contributed by atoms with Gasteiger partial charge in [0.05, 0.1) is 0 Å². The van der Waals surface area contributed by atoms with E-state index in [9.17, 15) is 0 Å². The summed E-state index contributed by atoms with van der Waals surface area (Å²) in [6.07, 6.45) is 3.68. The van der Waals surface area contributed by atoms with Gasteiger partial charge in [-0.3, -0.25) is 5.10 Å². The highest BCUT2D eigenvalue weighted by atomic mass is 35.5. The van der Waals surface area contributed by atoms with Crippen molar-refractivity contribution in [1.82, 2.24) is 15.2 Å². The lowest BCUT2D eigenvalue weighted by Gasteiger charge is -1.87. The lowest BCUT2D eigenvalue weighted by molar-refractivity contribution is 0.774. The number of rotatable bonds is 2. The molecule has 1 fully saturated rings. The van der Waals surface area contributed by atoms with Crippen LogP contribution in [0.1, 0.15) is 18.7 Å². The molecule has 1 heterocycles. The summed E-state index contributed by atoms with van der Waals surface area (Å²) in [5.74, 6) is 1.76. The fourth-order valence-electron chi connectivity index (χ4n) is 0.959. The van der Waals surface area contributed by atoms with Crippen LogP contribution in [0.25, 0.3) is 0 Å². The van der Waals surface area contributed by atoms with E-state index in [4.69, 9.17) is 11.6 Å². The second-order valence-electron chi connectivity index (χ2n) is 2.70. The van der Waals surface area contributed by atoms with Crippen LogP contribution in [0.3, 0.4) is 0 Å². The van der Waals surface area contributed by atoms with Crippen LogP contribution in [0.4, 0.5) is 0 Å². The molecule has 0 unspecified atom stereocenters. The molecule has 54 valence electrons. The molecule has 0 radical (unpaired) electrons. The van der Waals surface area contributed by atoms with E-state index >= 15 is 0 Å². The number of halogens is 1. The molecule has 0 atom stereocenters. The summed E-state index contributed by atoms with van der Waals surface area (Å²) < 4.78 is 0. The third kappa shape index (κ3) is 1.29. The van der Waals surface area contributed by atoms with Crippen LogP contribution in [-0.4, -0.2) is 15.2 Å². The Labute approximate surface area is 63.8 Å². The fourth-order valence-corrected chi connectivity index (χ4v) is 1.10. The SMILES string of the molecule is Clc1n[nH]c(CC2CC2)n1. The number of nitrogens with zero attached hydrogens (tertiary/aromatic N) is 2. The summed E-state index contributed by atoms with van der Waals surface area (Å²) in [5.41, 5.74) is 0. The third-order valence-electron chi connectivity index (χ3n) is 1.68. The van der Waals surface area contributed by atoms with Crippen molar-refractivity contribution in [3.05, 3.63) is 11.1 Å². The zero-order valence-electron chi connectivity index (χ0n) is 5.47. The first-order chi connectivity index (χ1) is 4.84. The van der Waals surface area contributed by atoms with E-state index in [1.54, 1.807) is 0 Å². The maximum atomic E-state index is 5.51. The lowest BCUT2D eigenvalue weighted by atomic mass is 10.3. The molecule has 0 aliphatic heterocycles. The molecule has 0 saturated heterocycles. The van der Waals surface area contributed by atoms with Gasteiger partial charge in [-0.05, 0) is 30.4 Å². The number of hydrogen-bond acceptors (Lipinski definition) is 2. The van der Waals surface area contributed by atoms with Gasteiger partial charge in [0.2, 0.25) is 5.28 Å². The highest BCUT2D eigenvalue weighted by Gasteiger charge is 2.22. The van der Waals surface area contributed by atoms with Gasteiger partial charge in [0.15, 0.2) is 0 Å². The van der Waals surface area contributed by atoms with Crippen LogP contribution in [0.15, 0.2) is 0 Å². The van der Waals surface area contributed by atoms with Crippen molar-refractivity contribution in [2.24, 2.45) is 5.92 Å². The topological polar surface area (TPSA) is 41.6 Å². The maximum absolute atomic E-state index is 5.51. The Morgan fingerprint density at radius 3 is 2.90 bits per heavy atom. The minimum atomic E-state index is 0.329. The maximum Gasteiger partial charge on any atom is 0.242 e. The Balaban J connectivity index is 2.03. The van der Waals surface area contributed by atoms with Crippen molar-refractivity contribution in [3.8, 4) is 0 Å².